The number of hydrogen-bond donors (Lipinski definition) is 1. The smallest absolute Gasteiger partial charge is 0.0318 e. The van der Waals surface area contributed by atoms with Crippen LogP contribution >= 0.6 is 15.9 Å². The van der Waals surface area contributed by atoms with Crippen LogP contribution in [-0.2, 0) is 6.54 Å². The van der Waals surface area contributed by atoms with E-state index < -0.39 is 0 Å². The molecule has 0 aliphatic heterocycles. The van der Waals surface area contributed by atoms with Gasteiger partial charge in [0.15, 0.2) is 0 Å². The largest absolute Gasteiger partial charge is 0.399 e. The van der Waals surface area contributed by atoms with Crippen LogP contribution in [0.5, 0.6) is 0 Å². The first kappa shape index (κ1) is 13.9. The van der Waals surface area contributed by atoms with Crippen LogP contribution in [0.4, 0.5) is 5.69 Å². The molecule has 1 fully saturated rings. The van der Waals surface area contributed by atoms with Crippen molar-refractivity contribution in [2.75, 3.05) is 12.3 Å². The maximum Gasteiger partial charge on any atom is 0.0318 e. The van der Waals surface area contributed by atoms with Crippen LogP contribution in [0.1, 0.15) is 44.6 Å². The zero-order valence-electron chi connectivity index (χ0n) is 11.2. The Labute approximate surface area is 119 Å². The first-order valence-electron chi connectivity index (χ1n) is 6.98. The van der Waals surface area contributed by atoms with Crippen molar-refractivity contribution >= 4 is 21.6 Å². The summed E-state index contributed by atoms with van der Waals surface area (Å²) in [5.74, 6) is 0. The summed E-state index contributed by atoms with van der Waals surface area (Å²) in [4.78, 5) is 2.60. The monoisotopic (exact) mass is 310 g/mol. The van der Waals surface area contributed by atoms with Crippen LogP contribution in [-0.4, -0.2) is 17.5 Å². The lowest BCUT2D eigenvalue weighted by Gasteiger charge is -2.33. The number of nitrogens with zero attached hydrogens (tertiary/aromatic N) is 1. The number of rotatable bonds is 4. The third kappa shape index (κ3) is 3.48. The molecule has 1 aromatic rings. The van der Waals surface area contributed by atoms with Gasteiger partial charge in [0, 0.05) is 22.7 Å². The van der Waals surface area contributed by atoms with Crippen molar-refractivity contribution in [1.82, 2.24) is 4.90 Å². The number of halogens is 1. The Morgan fingerprint density at radius 2 is 2.00 bits per heavy atom. The van der Waals surface area contributed by atoms with Gasteiger partial charge in [0.05, 0.1) is 0 Å². The highest BCUT2D eigenvalue weighted by Crippen LogP contribution is 2.26. The molecule has 1 aliphatic rings. The standard InChI is InChI=1S/C15H23BrN2/c1-2-18(14-6-4-3-5-7-14)11-12-10-13(17)8-9-15(12)16/h8-10,14H,2-7,11,17H2,1H3. The maximum absolute atomic E-state index is 5.88. The molecule has 0 amide bonds. The van der Waals surface area contributed by atoms with E-state index in [0.29, 0.717) is 0 Å². The molecule has 0 bridgehead atoms. The molecule has 1 aliphatic carbocycles. The second kappa shape index (κ2) is 6.58. The van der Waals surface area contributed by atoms with Gasteiger partial charge in [-0.1, -0.05) is 42.1 Å². The molecule has 2 rings (SSSR count). The minimum absolute atomic E-state index is 0.761. The minimum atomic E-state index is 0.761. The van der Waals surface area contributed by atoms with Crippen LogP contribution in [0.15, 0.2) is 22.7 Å². The van der Waals surface area contributed by atoms with E-state index in [4.69, 9.17) is 5.73 Å². The molecule has 0 spiro atoms. The lowest BCUT2D eigenvalue weighted by atomic mass is 9.94. The number of nitrogen functional groups attached to an aromatic ring is 1. The average molecular weight is 311 g/mol. The fraction of sp³-hybridized carbons (Fsp3) is 0.600. The van der Waals surface area contributed by atoms with Crippen molar-refractivity contribution in [3.05, 3.63) is 28.2 Å². The number of anilines is 1. The zero-order valence-corrected chi connectivity index (χ0v) is 12.7. The predicted molar refractivity (Wildman–Crippen MR) is 81.5 cm³/mol. The van der Waals surface area contributed by atoms with E-state index in [2.05, 4.69) is 39.9 Å². The summed E-state index contributed by atoms with van der Waals surface area (Å²) in [6, 6.07) is 6.86. The van der Waals surface area contributed by atoms with Crippen molar-refractivity contribution in [2.24, 2.45) is 0 Å². The number of hydrogen-bond acceptors (Lipinski definition) is 2. The zero-order chi connectivity index (χ0) is 13.0. The summed E-state index contributed by atoms with van der Waals surface area (Å²) < 4.78 is 1.17. The second-order valence-electron chi connectivity index (χ2n) is 5.21. The molecule has 2 nitrogen and oxygen atoms in total. The molecule has 1 aromatic carbocycles. The van der Waals surface area contributed by atoms with E-state index >= 15 is 0 Å². The quantitative estimate of drug-likeness (QED) is 0.845. The van der Waals surface area contributed by atoms with Crippen LogP contribution < -0.4 is 5.73 Å². The van der Waals surface area contributed by atoms with Gasteiger partial charge in [0.25, 0.3) is 0 Å². The Morgan fingerprint density at radius 1 is 1.28 bits per heavy atom. The Hall–Kier alpha value is -0.540. The molecular formula is C15H23BrN2. The third-order valence-electron chi connectivity index (χ3n) is 3.94. The maximum atomic E-state index is 5.88. The van der Waals surface area contributed by atoms with Gasteiger partial charge in [-0.25, -0.2) is 0 Å². The molecule has 0 saturated heterocycles. The van der Waals surface area contributed by atoms with Crippen LogP contribution in [0.25, 0.3) is 0 Å². The summed E-state index contributed by atoms with van der Waals surface area (Å²) in [5.41, 5.74) is 8.05. The van der Waals surface area contributed by atoms with E-state index in [-0.39, 0.29) is 0 Å². The summed E-state index contributed by atoms with van der Waals surface area (Å²) in [6.45, 7) is 4.38. The van der Waals surface area contributed by atoms with Crippen LogP contribution in [0.2, 0.25) is 0 Å². The van der Waals surface area contributed by atoms with E-state index in [9.17, 15) is 0 Å². The van der Waals surface area contributed by atoms with Gasteiger partial charge >= 0.3 is 0 Å². The van der Waals surface area contributed by atoms with E-state index in [0.717, 1.165) is 24.8 Å². The van der Waals surface area contributed by atoms with Crippen LogP contribution in [0.3, 0.4) is 0 Å². The van der Waals surface area contributed by atoms with Gasteiger partial charge < -0.3 is 5.73 Å². The molecule has 3 heteroatoms. The molecule has 0 unspecified atom stereocenters. The Balaban J connectivity index is 2.06. The van der Waals surface area contributed by atoms with Crippen molar-refractivity contribution in [3.8, 4) is 0 Å². The SMILES string of the molecule is CCN(Cc1cc(N)ccc1Br)C1CCCCC1. The number of benzene rings is 1. The Bertz CT molecular complexity index is 386. The van der Waals surface area contributed by atoms with Crippen molar-refractivity contribution in [1.29, 1.82) is 0 Å². The van der Waals surface area contributed by atoms with Crippen molar-refractivity contribution < 1.29 is 0 Å². The van der Waals surface area contributed by atoms with Gasteiger partial charge in [-0.2, -0.15) is 0 Å². The summed E-state index contributed by atoms with van der Waals surface area (Å²) >= 11 is 3.63. The van der Waals surface area contributed by atoms with Gasteiger partial charge in [0.2, 0.25) is 0 Å². The van der Waals surface area contributed by atoms with Crippen LogP contribution in [0, 0.1) is 0 Å². The highest BCUT2D eigenvalue weighted by molar-refractivity contribution is 9.10. The van der Waals surface area contributed by atoms with E-state index in [1.807, 2.05) is 6.07 Å². The topological polar surface area (TPSA) is 29.3 Å². The molecule has 0 radical (unpaired) electrons. The summed E-state index contributed by atoms with van der Waals surface area (Å²) in [6.07, 6.45) is 6.90. The number of nitrogens with two attached hydrogens (primary N) is 1. The molecule has 0 atom stereocenters. The normalized spacial score (nSPS) is 17.3. The predicted octanol–water partition coefficient (Wildman–Crippen LogP) is 4.19. The highest BCUT2D eigenvalue weighted by Gasteiger charge is 2.20. The van der Waals surface area contributed by atoms with Crippen molar-refractivity contribution in [3.63, 3.8) is 0 Å². The van der Waals surface area contributed by atoms with E-state index in [1.54, 1.807) is 0 Å². The Kier molecular flexibility index (Phi) is 5.07. The highest BCUT2D eigenvalue weighted by atomic mass is 79.9. The fourth-order valence-corrected chi connectivity index (χ4v) is 3.25. The van der Waals surface area contributed by atoms with Crippen molar-refractivity contribution in [2.45, 2.75) is 51.6 Å². The summed E-state index contributed by atoms with van der Waals surface area (Å²) in [5, 5.41) is 0. The molecule has 2 N–H and O–H groups in total. The van der Waals surface area contributed by atoms with Gasteiger partial charge in [0.1, 0.15) is 0 Å². The summed E-state index contributed by atoms with van der Waals surface area (Å²) in [7, 11) is 0. The van der Waals surface area contributed by atoms with Gasteiger partial charge in [-0.15, -0.1) is 0 Å². The molecule has 0 heterocycles. The third-order valence-corrected chi connectivity index (χ3v) is 4.71. The van der Waals surface area contributed by atoms with E-state index in [1.165, 1.54) is 42.1 Å². The Morgan fingerprint density at radius 3 is 2.67 bits per heavy atom. The molecule has 0 aromatic heterocycles. The van der Waals surface area contributed by atoms with Gasteiger partial charge in [-0.05, 0) is 43.1 Å². The molecule has 1 saturated carbocycles. The van der Waals surface area contributed by atoms with Gasteiger partial charge in [-0.3, -0.25) is 4.90 Å². The first-order chi connectivity index (χ1) is 8.70. The minimum Gasteiger partial charge on any atom is -0.399 e. The first-order valence-corrected chi connectivity index (χ1v) is 7.78. The average Bonchev–Trinajstić information content (AvgIpc) is 2.41. The molecule has 18 heavy (non-hydrogen) atoms. The lowest BCUT2D eigenvalue weighted by molar-refractivity contribution is 0.155. The second-order valence-corrected chi connectivity index (χ2v) is 6.06. The molecule has 100 valence electrons. The fourth-order valence-electron chi connectivity index (χ4n) is 2.88. The lowest BCUT2D eigenvalue weighted by Crippen LogP contribution is -2.36. The molecular weight excluding hydrogens is 288 g/mol.